The zero-order valence-corrected chi connectivity index (χ0v) is 11.8. The second kappa shape index (κ2) is 4.72. The van der Waals surface area contributed by atoms with Gasteiger partial charge in [0.2, 0.25) is 0 Å². The molecule has 1 fully saturated rings. The van der Waals surface area contributed by atoms with E-state index in [2.05, 4.69) is 35.8 Å². The summed E-state index contributed by atoms with van der Waals surface area (Å²) in [5.74, 6) is 0.953. The molecule has 1 aliphatic rings. The van der Waals surface area contributed by atoms with Crippen molar-refractivity contribution in [1.29, 1.82) is 0 Å². The van der Waals surface area contributed by atoms with E-state index in [1.165, 1.54) is 0 Å². The molecule has 1 aliphatic heterocycles. The minimum atomic E-state index is 0.475. The van der Waals surface area contributed by atoms with Crippen molar-refractivity contribution in [1.82, 2.24) is 14.7 Å². The highest BCUT2D eigenvalue weighted by Crippen LogP contribution is 2.25. The van der Waals surface area contributed by atoms with Crippen molar-refractivity contribution in [3.05, 3.63) is 11.3 Å². The van der Waals surface area contributed by atoms with E-state index in [1.807, 2.05) is 18.7 Å². The van der Waals surface area contributed by atoms with Gasteiger partial charge >= 0.3 is 0 Å². The molecule has 1 aromatic heterocycles. The zero-order chi connectivity index (χ0) is 13.4. The van der Waals surface area contributed by atoms with Crippen molar-refractivity contribution < 1.29 is 4.79 Å². The number of aryl methyl sites for hydroxylation is 2. The molecule has 100 valence electrons. The van der Waals surface area contributed by atoms with Crippen LogP contribution in [0.3, 0.4) is 0 Å². The van der Waals surface area contributed by atoms with Crippen LogP contribution in [-0.2, 0) is 7.05 Å². The molecule has 0 bridgehead atoms. The third-order valence-electron chi connectivity index (χ3n) is 4.01. The van der Waals surface area contributed by atoms with Gasteiger partial charge in [-0.15, -0.1) is 0 Å². The highest BCUT2D eigenvalue weighted by molar-refractivity contribution is 5.84. The van der Waals surface area contributed by atoms with E-state index in [9.17, 15) is 4.79 Å². The molecule has 2 rings (SSSR count). The minimum Gasteiger partial charge on any atom is -0.353 e. The number of carbonyl (C=O) groups is 1. The van der Waals surface area contributed by atoms with Gasteiger partial charge < -0.3 is 4.90 Å². The minimum absolute atomic E-state index is 0.475. The van der Waals surface area contributed by atoms with Crippen LogP contribution in [0.1, 0.15) is 29.9 Å². The van der Waals surface area contributed by atoms with Crippen LogP contribution >= 0.6 is 0 Å². The molecule has 0 aromatic carbocycles. The van der Waals surface area contributed by atoms with Gasteiger partial charge in [0.25, 0.3) is 0 Å². The monoisotopic (exact) mass is 250 g/mol. The smallest absolute Gasteiger partial charge is 0.155 e. The van der Waals surface area contributed by atoms with Crippen LogP contribution in [0.25, 0.3) is 0 Å². The van der Waals surface area contributed by atoms with Crippen LogP contribution in [0.2, 0.25) is 0 Å². The Morgan fingerprint density at radius 1 is 1.22 bits per heavy atom. The van der Waals surface area contributed by atoms with Gasteiger partial charge in [0.05, 0.1) is 11.3 Å². The second-order valence-corrected chi connectivity index (χ2v) is 5.33. The van der Waals surface area contributed by atoms with Crippen molar-refractivity contribution in [3.63, 3.8) is 0 Å². The highest BCUT2D eigenvalue weighted by Gasteiger charge is 2.29. The van der Waals surface area contributed by atoms with E-state index < -0.39 is 0 Å². The number of aromatic nitrogens is 2. The van der Waals surface area contributed by atoms with Gasteiger partial charge in [-0.05, 0) is 27.8 Å². The lowest BCUT2D eigenvalue weighted by Gasteiger charge is -2.43. The molecular formula is C13H22N4O. The van der Waals surface area contributed by atoms with Crippen LogP contribution in [0, 0.1) is 6.92 Å². The summed E-state index contributed by atoms with van der Waals surface area (Å²) in [6.45, 7) is 8.18. The number of hydrogen-bond donors (Lipinski definition) is 0. The van der Waals surface area contributed by atoms with Crippen molar-refractivity contribution in [3.8, 4) is 0 Å². The SMILES string of the molecule is Cc1nn(C)c(N2CC(C)N(C)C(C)C2)c1C=O. The molecule has 1 aromatic rings. The fourth-order valence-corrected chi connectivity index (χ4v) is 2.75. The molecule has 5 heteroatoms. The summed E-state index contributed by atoms with van der Waals surface area (Å²) < 4.78 is 1.82. The van der Waals surface area contributed by atoms with Gasteiger partial charge in [-0.3, -0.25) is 14.4 Å². The Morgan fingerprint density at radius 3 is 2.28 bits per heavy atom. The Labute approximate surface area is 108 Å². The number of piperazine rings is 1. The number of rotatable bonds is 2. The maximum atomic E-state index is 11.2. The van der Waals surface area contributed by atoms with Crippen LogP contribution in [0.4, 0.5) is 5.82 Å². The van der Waals surface area contributed by atoms with Crippen molar-refractivity contribution in [2.24, 2.45) is 7.05 Å². The molecule has 0 radical (unpaired) electrons. The summed E-state index contributed by atoms with van der Waals surface area (Å²) in [6, 6.07) is 0.951. The van der Waals surface area contributed by atoms with E-state index in [4.69, 9.17) is 0 Å². The number of likely N-dealkylation sites (N-methyl/N-ethyl adjacent to an activating group) is 1. The molecule has 0 amide bonds. The van der Waals surface area contributed by atoms with Gasteiger partial charge in [-0.25, -0.2) is 0 Å². The maximum Gasteiger partial charge on any atom is 0.155 e. The van der Waals surface area contributed by atoms with Crippen LogP contribution < -0.4 is 4.90 Å². The number of nitrogens with zero attached hydrogens (tertiary/aromatic N) is 4. The Bertz CT molecular complexity index is 442. The summed E-state index contributed by atoms with van der Waals surface area (Å²) in [5, 5.41) is 4.36. The largest absolute Gasteiger partial charge is 0.353 e. The summed E-state index contributed by atoms with van der Waals surface area (Å²) in [7, 11) is 4.06. The molecular weight excluding hydrogens is 228 g/mol. The number of aldehydes is 1. The Hall–Kier alpha value is -1.36. The molecule has 0 N–H and O–H groups in total. The van der Waals surface area contributed by atoms with E-state index in [0.29, 0.717) is 12.1 Å². The van der Waals surface area contributed by atoms with Gasteiger partial charge in [0.15, 0.2) is 6.29 Å². The predicted molar refractivity (Wildman–Crippen MR) is 72.2 cm³/mol. The first-order valence-electron chi connectivity index (χ1n) is 6.41. The Morgan fingerprint density at radius 2 is 1.78 bits per heavy atom. The van der Waals surface area contributed by atoms with Crippen LogP contribution in [0.15, 0.2) is 0 Å². The summed E-state index contributed by atoms with van der Waals surface area (Å²) in [5.41, 5.74) is 1.53. The van der Waals surface area contributed by atoms with Crippen molar-refractivity contribution in [2.75, 3.05) is 25.0 Å². The number of carbonyl (C=O) groups excluding carboxylic acids is 1. The maximum absolute atomic E-state index is 11.2. The lowest BCUT2D eigenvalue weighted by molar-refractivity contribution is 0.112. The average molecular weight is 250 g/mol. The zero-order valence-electron chi connectivity index (χ0n) is 11.8. The van der Waals surface area contributed by atoms with Crippen LogP contribution in [0.5, 0.6) is 0 Å². The lowest BCUT2D eigenvalue weighted by atomic mass is 10.1. The van der Waals surface area contributed by atoms with Gasteiger partial charge in [0, 0.05) is 32.2 Å². The second-order valence-electron chi connectivity index (χ2n) is 5.33. The normalized spacial score (nSPS) is 25.5. The highest BCUT2D eigenvalue weighted by atomic mass is 16.1. The quantitative estimate of drug-likeness (QED) is 0.736. The topological polar surface area (TPSA) is 41.4 Å². The van der Waals surface area contributed by atoms with Gasteiger partial charge in [0.1, 0.15) is 5.82 Å². The van der Waals surface area contributed by atoms with E-state index in [0.717, 1.165) is 36.5 Å². The molecule has 0 saturated carbocycles. The summed E-state index contributed by atoms with van der Waals surface area (Å²) >= 11 is 0. The third-order valence-corrected chi connectivity index (χ3v) is 4.01. The summed E-state index contributed by atoms with van der Waals surface area (Å²) in [6.07, 6.45) is 0.922. The fraction of sp³-hybridized carbons (Fsp3) is 0.692. The Kier molecular flexibility index (Phi) is 3.43. The molecule has 2 atom stereocenters. The van der Waals surface area contributed by atoms with Gasteiger partial charge in [-0.1, -0.05) is 0 Å². The van der Waals surface area contributed by atoms with Crippen LogP contribution in [-0.4, -0.2) is 53.2 Å². The molecule has 5 nitrogen and oxygen atoms in total. The summed E-state index contributed by atoms with van der Waals surface area (Å²) in [4.78, 5) is 15.9. The standard InChI is InChI=1S/C13H22N4O/c1-9-6-17(7-10(2)15(9)4)13-12(8-18)11(3)14-16(13)5/h8-10H,6-7H2,1-5H3. The molecule has 1 saturated heterocycles. The van der Waals surface area contributed by atoms with Crippen molar-refractivity contribution in [2.45, 2.75) is 32.9 Å². The number of anilines is 1. The third kappa shape index (κ3) is 2.03. The average Bonchev–Trinajstić information content (AvgIpc) is 2.59. The van der Waals surface area contributed by atoms with Crippen molar-refractivity contribution >= 4 is 12.1 Å². The lowest BCUT2D eigenvalue weighted by Crippen LogP contribution is -2.55. The molecule has 18 heavy (non-hydrogen) atoms. The van der Waals surface area contributed by atoms with E-state index in [1.54, 1.807) is 0 Å². The molecule has 2 heterocycles. The predicted octanol–water partition coefficient (Wildman–Crippen LogP) is 1.07. The molecule has 0 aliphatic carbocycles. The number of hydrogen-bond acceptors (Lipinski definition) is 4. The first-order valence-corrected chi connectivity index (χ1v) is 6.41. The van der Waals surface area contributed by atoms with E-state index >= 15 is 0 Å². The molecule has 0 spiro atoms. The molecule has 2 unspecified atom stereocenters. The van der Waals surface area contributed by atoms with E-state index in [-0.39, 0.29) is 0 Å². The first kappa shape index (κ1) is 13.1. The Balaban J connectivity index is 2.35. The van der Waals surface area contributed by atoms with Gasteiger partial charge in [-0.2, -0.15) is 5.10 Å². The first-order chi connectivity index (χ1) is 8.45. The fourth-order valence-electron chi connectivity index (χ4n) is 2.75.